The summed E-state index contributed by atoms with van der Waals surface area (Å²) in [5.74, 6) is 3.12. The standard InChI is InChI=1S/C20H21N5O2S/c1-14-2-5-16(6-3-14)25-13-23-24-18(25)11-22-20(26)15-4-7-19(21-10-15)27-17-8-9-28-12-17/h2-7,10,13,17H,8-9,11-12H2,1H3,(H,22,26). The summed E-state index contributed by atoms with van der Waals surface area (Å²) in [5.41, 5.74) is 2.61. The number of rotatable bonds is 6. The van der Waals surface area contributed by atoms with Crippen molar-refractivity contribution < 1.29 is 9.53 Å². The van der Waals surface area contributed by atoms with Crippen LogP contribution in [0.2, 0.25) is 0 Å². The van der Waals surface area contributed by atoms with E-state index < -0.39 is 0 Å². The van der Waals surface area contributed by atoms with Gasteiger partial charge < -0.3 is 10.1 Å². The first kappa shape index (κ1) is 18.5. The van der Waals surface area contributed by atoms with E-state index >= 15 is 0 Å². The molecular formula is C20H21N5O2S. The zero-order chi connectivity index (χ0) is 19.3. The van der Waals surface area contributed by atoms with E-state index in [0.29, 0.717) is 17.3 Å². The van der Waals surface area contributed by atoms with Crippen LogP contribution in [0.1, 0.15) is 28.2 Å². The number of benzene rings is 1. The van der Waals surface area contributed by atoms with Crippen molar-refractivity contribution in [3.63, 3.8) is 0 Å². The Kier molecular flexibility index (Phi) is 5.57. The number of carbonyl (C=O) groups is 1. The lowest BCUT2D eigenvalue weighted by Crippen LogP contribution is -2.24. The van der Waals surface area contributed by atoms with Crippen LogP contribution in [0.3, 0.4) is 0 Å². The molecule has 8 heteroatoms. The minimum atomic E-state index is -0.214. The molecule has 7 nitrogen and oxygen atoms in total. The quantitative estimate of drug-likeness (QED) is 0.691. The molecule has 1 fully saturated rings. The number of amides is 1. The smallest absolute Gasteiger partial charge is 0.253 e. The maximum Gasteiger partial charge on any atom is 0.253 e. The van der Waals surface area contributed by atoms with Gasteiger partial charge in [0.25, 0.3) is 5.91 Å². The lowest BCUT2D eigenvalue weighted by atomic mass is 10.2. The maximum absolute atomic E-state index is 12.4. The zero-order valence-electron chi connectivity index (χ0n) is 15.5. The van der Waals surface area contributed by atoms with Gasteiger partial charge in [0.1, 0.15) is 12.4 Å². The fourth-order valence-corrected chi connectivity index (χ4v) is 4.02. The number of nitrogens with zero attached hydrogens (tertiary/aromatic N) is 4. The van der Waals surface area contributed by atoms with Gasteiger partial charge in [0.05, 0.1) is 12.1 Å². The Balaban J connectivity index is 1.37. The second-order valence-corrected chi connectivity index (χ2v) is 7.77. The van der Waals surface area contributed by atoms with Crippen LogP contribution in [0, 0.1) is 6.92 Å². The summed E-state index contributed by atoms with van der Waals surface area (Å²) in [6.45, 7) is 2.30. The molecule has 0 radical (unpaired) electrons. The Labute approximate surface area is 167 Å². The first-order chi connectivity index (χ1) is 13.7. The fourth-order valence-electron chi connectivity index (χ4n) is 2.92. The number of carbonyl (C=O) groups excluding carboxylic acids is 1. The number of pyridine rings is 1. The highest BCUT2D eigenvalue weighted by Gasteiger charge is 2.18. The molecule has 1 saturated heterocycles. The first-order valence-electron chi connectivity index (χ1n) is 9.13. The molecule has 3 heterocycles. The summed E-state index contributed by atoms with van der Waals surface area (Å²) in [4.78, 5) is 16.7. The SMILES string of the molecule is Cc1ccc(-n2cnnc2CNC(=O)c2ccc(OC3CCSC3)nc2)cc1. The van der Waals surface area contributed by atoms with Crippen LogP contribution in [-0.2, 0) is 6.54 Å². The van der Waals surface area contributed by atoms with Crippen LogP contribution < -0.4 is 10.1 Å². The molecule has 1 aliphatic heterocycles. The number of aromatic nitrogens is 4. The fraction of sp³-hybridized carbons (Fsp3) is 0.300. The van der Waals surface area contributed by atoms with Gasteiger partial charge >= 0.3 is 0 Å². The molecule has 1 unspecified atom stereocenters. The summed E-state index contributed by atoms with van der Waals surface area (Å²) in [7, 11) is 0. The van der Waals surface area contributed by atoms with E-state index in [1.807, 2.05) is 47.5 Å². The van der Waals surface area contributed by atoms with Gasteiger partial charge in [0.15, 0.2) is 5.82 Å². The normalized spacial score (nSPS) is 16.1. The molecule has 1 aromatic carbocycles. The number of hydrogen-bond donors (Lipinski definition) is 1. The molecule has 3 aromatic rings. The predicted octanol–water partition coefficient (Wildman–Crippen LogP) is 2.79. The van der Waals surface area contributed by atoms with Gasteiger partial charge in [-0.3, -0.25) is 9.36 Å². The molecule has 0 bridgehead atoms. The highest BCUT2D eigenvalue weighted by atomic mass is 32.2. The first-order valence-corrected chi connectivity index (χ1v) is 10.3. The molecular weight excluding hydrogens is 374 g/mol. The van der Waals surface area contributed by atoms with E-state index in [4.69, 9.17) is 4.74 Å². The van der Waals surface area contributed by atoms with Gasteiger partial charge in [-0.1, -0.05) is 17.7 Å². The second-order valence-electron chi connectivity index (χ2n) is 6.62. The van der Waals surface area contributed by atoms with E-state index in [1.165, 1.54) is 11.8 Å². The average Bonchev–Trinajstić information content (AvgIpc) is 3.39. The topological polar surface area (TPSA) is 81.9 Å². The molecule has 144 valence electrons. The van der Waals surface area contributed by atoms with Crippen molar-refractivity contribution in [1.29, 1.82) is 0 Å². The van der Waals surface area contributed by atoms with Crippen LogP contribution in [-0.4, -0.2) is 43.3 Å². The Hall–Kier alpha value is -2.87. The maximum atomic E-state index is 12.4. The van der Waals surface area contributed by atoms with Crippen LogP contribution in [0.5, 0.6) is 5.88 Å². The molecule has 1 atom stereocenters. The molecule has 0 saturated carbocycles. The Morgan fingerprint density at radius 1 is 1.29 bits per heavy atom. The lowest BCUT2D eigenvalue weighted by Gasteiger charge is -2.11. The Morgan fingerprint density at radius 2 is 2.14 bits per heavy atom. The molecule has 1 N–H and O–H groups in total. The average molecular weight is 395 g/mol. The Bertz CT molecular complexity index is 934. The Morgan fingerprint density at radius 3 is 2.86 bits per heavy atom. The van der Waals surface area contributed by atoms with E-state index in [2.05, 4.69) is 20.5 Å². The van der Waals surface area contributed by atoms with Crippen molar-refractivity contribution in [3.05, 3.63) is 65.9 Å². The number of ether oxygens (including phenoxy) is 1. The summed E-state index contributed by atoms with van der Waals surface area (Å²) < 4.78 is 7.67. The second kappa shape index (κ2) is 8.43. The molecule has 2 aromatic heterocycles. The molecule has 28 heavy (non-hydrogen) atoms. The summed E-state index contributed by atoms with van der Waals surface area (Å²) in [6, 6.07) is 11.5. The van der Waals surface area contributed by atoms with Gasteiger partial charge in [0.2, 0.25) is 5.88 Å². The van der Waals surface area contributed by atoms with Crippen LogP contribution in [0.4, 0.5) is 0 Å². The highest BCUT2D eigenvalue weighted by molar-refractivity contribution is 7.99. The largest absolute Gasteiger partial charge is 0.473 e. The van der Waals surface area contributed by atoms with Crippen molar-refractivity contribution in [2.24, 2.45) is 0 Å². The van der Waals surface area contributed by atoms with Gasteiger partial charge in [-0.05, 0) is 37.3 Å². The number of hydrogen-bond acceptors (Lipinski definition) is 6. The summed E-state index contributed by atoms with van der Waals surface area (Å²) >= 11 is 1.88. The highest BCUT2D eigenvalue weighted by Crippen LogP contribution is 2.22. The van der Waals surface area contributed by atoms with Gasteiger partial charge in [-0.2, -0.15) is 11.8 Å². The monoisotopic (exact) mass is 395 g/mol. The van der Waals surface area contributed by atoms with Crippen LogP contribution >= 0.6 is 11.8 Å². The van der Waals surface area contributed by atoms with Gasteiger partial charge in [-0.15, -0.1) is 10.2 Å². The molecule has 4 rings (SSSR count). The van der Waals surface area contributed by atoms with Gasteiger partial charge in [0, 0.05) is 23.7 Å². The van der Waals surface area contributed by atoms with Crippen LogP contribution in [0.15, 0.2) is 48.9 Å². The zero-order valence-corrected chi connectivity index (χ0v) is 16.4. The van der Waals surface area contributed by atoms with E-state index in [9.17, 15) is 4.79 Å². The van der Waals surface area contributed by atoms with Crippen molar-refractivity contribution in [2.45, 2.75) is 26.0 Å². The lowest BCUT2D eigenvalue weighted by molar-refractivity contribution is 0.0949. The van der Waals surface area contributed by atoms with Crippen molar-refractivity contribution in [3.8, 4) is 11.6 Å². The minimum Gasteiger partial charge on any atom is -0.473 e. The summed E-state index contributed by atoms with van der Waals surface area (Å²) in [5, 5.41) is 10.9. The third-order valence-corrected chi connectivity index (χ3v) is 5.64. The third-order valence-electron chi connectivity index (χ3n) is 4.51. The van der Waals surface area contributed by atoms with E-state index in [1.54, 1.807) is 18.5 Å². The molecule has 0 spiro atoms. The van der Waals surface area contributed by atoms with E-state index in [-0.39, 0.29) is 18.6 Å². The van der Waals surface area contributed by atoms with Gasteiger partial charge in [-0.25, -0.2) is 4.98 Å². The number of thioether (sulfide) groups is 1. The molecule has 1 aliphatic rings. The van der Waals surface area contributed by atoms with Crippen molar-refractivity contribution in [2.75, 3.05) is 11.5 Å². The summed E-state index contributed by atoms with van der Waals surface area (Å²) in [6.07, 6.45) is 4.43. The predicted molar refractivity (Wildman–Crippen MR) is 108 cm³/mol. The third kappa shape index (κ3) is 4.33. The number of nitrogens with one attached hydrogen (secondary N) is 1. The molecule has 1 amide bonds. The van der Waals surface area contributed by atoms with Crippen LogP contribution in [0.25, 0.3) is 5.69 Å². The number of aryl methyl sites for hydroxylation is 1. The molecule has 0 aliphatic carbocycles. The van der Waals surface area contributed by atoms with Crippen molar-refractivity contribution >= 4 is 17.7 Å². The van der Waals surface area contributed by atoms with Crippen molar-refractivity contribution in [1.82, 2.24) is 25.1 Å². The van der Waals surface area contributed by atoms with E-state index in [0.717, 1.165) is 23.6 Å². The minimum absolute atomic E-state index is 0.213.